The normalized spacial score (nSPS) is 13.5. The van der Waals surface area contributed by atoms with Crippen molar-refractivity contribution in [1.29, 1.82) is 0 Å². The van der Waals surface area contributed by atoms with Crippen LogP contribution in [0.5, 0.6) is 0 Å². The summed E-state index contributed by atoms with van der Waals surface area (Å²) in [7, 11) is 0. The van der Waals surface area contributed by atoms with E-state index in [1.165, 1.54) is 12.1 Å². The van der Waals surface area contributed by atoms with Crippen LogP contribution in [0.4, 0.5) is 4.39 Å². The van der Waals surface area contributed by atoms with E-state index in [4.69, 9.17) is 0 Å². The number of hydrogen-bond donors (Lipinski definition) is 1. The molecule has 0 aromatic heterocycles. The second-order valence-corrected chi connectivity index (χ2v) is 6.39. The summed E-state index contributed by atoms with van der Waals surface area (Å²) < 4.78 is 14.5. The third-order valence-corrected chi connectivity index (χ3v) is 4.86. The SMILES string of the molecule is CC(CBr)(NC(=O)c1ccc(Br)cc1F)c1ccccc1. The Morgan fingerprint density at radius 2 is 1.90 bits per heavy atom. The fraction of sp³-hybridized carbons (Fsp3) is 0.188. The lowest BCUT2D eigenvalue weighted by Gasteiger charge is -2.29. The van der Waals surface area contributed by atoms with Gasteiger partial charge in [0.05, 0.1) is 11.1 Å². The summed E-state index contributed by atoms with van der Waals surface area (Å²) >= 11 is 6.60. The molecule has 1 amide bonds. The molecule has 2 nitrogen and oxygen atoms in total. The Morgan fingerprint density at radius 3 is 2.48 bits per heavy atom. The smallest absolute Gasteiger partial charge is 0.254 e. The molecule has 110 valence electrons. The second kappa shape index (κ2) is 6.71. The molecule has 0 spiro atoms. The first-order chi connectivity index (χ1) is 9.96. The average molecular weight is 415 g/mol. The first-order valence-electron chi connectivity index (χ1n) is 6.35. The molecule has 21 heavy (non-hydrogen) atoms. The summed E-state index contributed by atoms with van der Waals surface area (Å²) in [4.78, 5) is 12.3. The number of alkyl halides is 1. The monoisotopic (exact) mass is 413 g/mol. The van der Waals surface area contributed by atoms with Gasteiger partial charge in [-0.15, -0.1) is 0 Å². The zero-order valence-corrected chi connectivity index (χ0v) is 14.5. The Kier molecular flexibility index (Phi) is 5.17. The molecule has 0 aliphatic heterocycles. The molecule has 2 rings (SSSR count). The predicted octanol–water partition coefficient (Wildman–Crippen LogP) is 4.63. The molecular formula is C16H14Br2FNO. The van der Waals surface area contributed by atoms with Gasteiger partial charge in [0, 0.05) is 9.80 Å². The third kappa shape index (κ3) is 3.71. The number of halogens is 3. The van der Waals surface area contributed by atoms with E-state index in [1.54, 1.807) is 6.07 Å². The molecule has 0 saturated heterocycles. The van der Waals surface area contributed by atoms with Crippen molar-refractivity contribution in [2.75, 3.05) is 5.33 Å². The summed E-state index contributed by atoms with van der Waals surface area (Å²) in [5.74, 6) is -0.988. The van der Waals surface area contributed by atoms with E-state index in [1.807, 2.05) is 37.3 Å². The van der Waals surface area contributed by atoms with Gasteiger partial charge in [-0.05, 0) is 30.7 Å². The largest absolute Gasteiger partial charge is 0.342 e. The molecule has 1 N–H and O–H groups in total. The summed E-state index contributed by atoms with van der Waals surface area (Å²) in [6.45, 7) is 1.89. The average Bonchev–Trinajstić information content (AvgIpc) is 2.47. The lowest BCUT2D eigenvalue weighted by Crippen LogP contribution is -2.45. The van der Waals surface area contributed by atoms with Crippen LogP contribution in [0.2, 0.25) is 0 Å². The van der Waals surface area contributed by atoms with Crippen LogP contribution in [0.25, 0.3) is 0 Å². The van der Waals surface area contributed by atoms with Crippen LogP contribution in [0.3, 0.4) is 0 Å². The molecular weight excluding hydrogens is 401 g/mol. The molecule has 0 fully saturated rings. The van der Waals surface area contributed by atoms with Gasteiger partial charge in [0.25, 0.3) is 5.91 Å². The first kappa shape index (κ1) is 16.2. The molecule has 0 radical (unpaired) electrons. The van der Waals surface area contributed by atoms with Gasteiger partial charge < -0.3 is 5.32 Å². The van der Waals surface area contributed by atoms with Crippen LogP contribution in [0.1, 0.15) is 22.8 Å². The molecule has 0 saturated carbocycles. The van der Waals surface area contributed by atoms with Crippen molar-refractivity contribution in [1.82, 2.24) is 5.32 Å². The van der Waals surface area contributed by atoms with Crippen molar-refractivity contribution in [3.8, 4) is 0 Å². The van der Waals surface area contributed by atoms with Crippen LogP contribution in [0.15, 0.2) is 53.0 Å². The molecule has 0 bridgehead atoms. The van der Waals surface area contributed by atoms with Gasteiger partial charge >= 0.3 is 0 Å². The van der Waals surface area contributed by atoms with E-state index in [-0.39, 0.29) is 5.56 Å². The van der Waals surface area contributed by atoms with Crippen molar-refractivity contribution in [2.24, 2.45) is 0 Å². The van der Waals surface area contributed by atoms with Crippen molar-refractivity contribution >= 4 is 37.8 Å². The summed E-state index contributed by atoms with van der Waals surface area (Å²) in [5.41, 5.74) is 0.367. The Hall–Kier alpha value is -1.20. The van der Waals surface area contributed by atoms with Crippen LogP contribution in [-0.2, 0) is 5.54 Å². The standard InChI is InChI=1S/C16H14Br2FNO/c1-16(10-17,11-5-3-2-4-6-11)20-15(21)13-8-7-12(18)9-14(13)19/h2-9H,10H2,1H3,(H,20,21). The van der Waals surface area contributed by atoms with Crippen LogP contribution >= 0.6 is 31.9 Å². The van der Waals surface area contributed by atoms with Gasteiger partial charge in [-0.2, -0.15) is 0 Å². The minimum Gasteiger partial charge on any atom is -0.342 e. The minimum absolute atomic E-state index is 0.0290. The maximum absolute atomic E-state index is 13.9. The van der Waals surface area contributed by atoms with Gasteiger partial charge in [-0.25, -0.2) is 4.39 Å². The minimum atomic E-state index is -0.613. The Morgan fingerprint density at radius 1 is 1.24 bits per heavy atom. The molecule has 1 atom stereocenters. The van der Waals surface area contributed by atoms with E-state index in [2.05, 4.69) is 37.2 Å². The molecule has 2 aromatic rings. The Labute approximate surface area is 140 Å². The molecule has 0 aliphatic rings. The number of nitrogens with one attached hydrogen (secondary N) is 1. The topological polar surface area (TPSA) is 29.1 Å². The zero-order chi connectivity index (χ0) is 15.5. The van der Waals surface area contributed by atoms with Crippen molar-refractivity contribution in [2.45, 2.75) is 12.5 Å². The zero-order valence-electron chi connectivity index (χ0n) is 11.4. The maximum Gasteiger partial charge on any atom is 0.254 e. The van der Waals surface area contributed by atoms with Crippen LogP contribution in [-0.4, -0.2) is 11.2 Å². The fourth-order valence-electron chi connectivity index (χ4n) is 1.98. The van der Waals surface area contributed by atoms with Crippen molar-refractivity contribution < 1.29 is 9.18 Å². The molecule has 1 unspecified atom stereocenters. The highest BCUT2D eigenvalue weighted by atomic mass is 79.9. The van der Waals surface area contributed by atoms with Crippen molar-refractivity contribution in [3.05, 3.63) is 69.9 Å². The quantitative estimate of drug-likeness (QED) is 0.726. The van der Waals surface area contributed by atoms with Gasteiger partial charge in [0.15, 0.2) is 0 Å². The number of benzene rings is 2. The van der Waals surface area contributed by atoms with E-state index in [0.717, 1.165) is 5.56 Å². The lowest BCUT2D eigenvalue weighted by molar-refractivity contribution is 0.0910. The highest BCUT2D eigenvalue weighted by Gasteiger charge is 2.28. The number of carbonyl (C=O) groups is 1. The lowest BCUT2D eigenvalue weighted by atomic mass is 9.94. The predicted molar refractivity (Wildman–Crippen MR) is 89.2 cm³/mol. The summed E-state index contributed by atoms with van der Waals surface area (Å²) in [5, 5.41) is 3.42. The van der Waals surface area contributed by atoms with Crippen LogP contribution in [0, 0.1) is 5.82 Å². The maximum atomic E-state index is 13.9. The molecule has 0 aliphatic carbocycles. The number of rotatable bonds is 4. The number of amides is 1. The third-order valence-electron chi connectivity index (χ3n) is 3.24. The highest BCUT2D eigenvalue weighted by Crippen LogP contribution is 2.24. The Balaban J connectivity index is 2.28. The van der Waals surface area contributed by atoms with Gasteiger partial charge in [0.2, 0.25) is 0 Å². The van der Waals surface area contributed by atoms with Gasteiger partial charge in [-0.1, -0.05) is 62.2 Å². The van der Waals surface area contributed by atoms with Gasteiger partial charge in [-0.3, -0.25) is 4.79 Å². The van der Waals surface area contributed by atoms with Gasteiger partial charge in [0.1, 0.15) is 5.82 Å². The Bertz CT molecular complexity index is 648. The summed E-state index contributed by atoms with van der Waals surface area (Å²) in [6.07, 6.45) is 0. The fourth-order valence-corrected chi connectivity index (χ4v) is 2.78. The van der Waals surface area contributed by atoms with E-state index < -0.39 is 17.3 Å². The van der Waals surface area contributed by atoms with Crippen LogP contribution < -0.4 is 5.32 Å². The van der Waals surface area contributed by atoms with E-state index >= 15 is 0 Å². The summed E-state index contributed by atoms with van der Waals surface area (Å²) in [6, 6.07) is 14.0. The number of carbonyl (C=O) groups excluding carboxylic acids is 1. The molecule has 0 heterocycles. The van der Waals surface area contributed by atoms with E-state index in [9.17, 15) is 9.18 Å². The first-order valence-corrected chi connectivity index (χ1v) is 8.27. The number of hydrogen-bond acceptors (Lipinski definition) is 1. The highest BCUT2D eigenvalue weighted by molar-refractivity contribution is 9.10. The molecule has 5 heteroatoms. The molecule has 2 aromatic carbocycles. The van der Waals surface area contributed by atoms with Crippen molar-refractivity contribution in [3.63, 3.8) is 0 Å². The van der Waals surface area contributed by atoms with E-state index in [0.29, 0.717) is 9.80 Å². The second-order valence-electron chi connectivity index (χ2n) is 4.91.